The average Bonchev–Trinajstić information content (AvgIpc) is 3.08. The van der Waals surface area contributed by atoms with Crippen molar-refractivity contribution in [3.05, 3.63) is 60.7 Å². The van der Waals surface area contributed by atoms with E-state index < -0.39 is 0 Å². The lowest BCUT2D eigenvalue weighted by Gasteiger charge is -2.31. The van der Waals surface area contributed by atoms with E-state index >= 15 is 0 Å². The number of nitrogens with one attached hydrogen (secondary N) is 1. The van der Waals surface area contributed by atoms with Crippen LogP contribution in [0.5, 0.6) is 0 Å². The molecule has 0 radical (unpaired) electrons. The Morgan fingerprint density at radius 2 is 1.92 bits per heavy atom. The van der Waals surface area contributed by atoms with E-state index in [2.05, 4.69) is 48.5 Å². The molecule has 7 heteroatoms. The van der Waals surface area contributed by atoms with E-state index in [-0.39, 0.29) is 0 Å². The Kier molecular flexibility index (Phi) is 4.88. The lowest BCUT2D eigenvalue weighted by atomic mass is 9.90. The number of likely N-dealkylation sites (tertiary alicyclic amines) is 1. The lowest BCUT2D eigenvalue weighted by Crippen LogP contribution is -2.32. The molecule has 26 heavy (non-hydrogen) atoms. The van der Waals surface area contributed by atoms with Crippen LogP contribution in [0.1, 0.15) is 30.0 Å². The normalized spacial score (nSPS) is 15.9. The van der Waals surface area contributed by atoms with Gasteiger partial charge in [-0.25, -0.2) is 15.0 Å². The maximum atomic E-state index is 4.43. The van der Waals surface area contributed by atoms with Crippen LogP contribution < -0.4 is 5.32 Å². The third kappa shape index (κ3) is 4.05. The monoisotopic (exact) mass is 349 g/mol. The number of piperidine rings is 1. The number of pyridine rings is 1. The Balaban J connectivity index is 1.36. The van der Waals surface area contributed by atoms with Gasteiger partial charge in [-0.05, 0) is 49.5 Å². The Labute approximate surface area is 153 Å². The Morgan fingerprint density at radius 3 is 2.65 bits per heavy atom. The first-order valence-corrected chi connectivity index (χ1v) is 8.94. The standard InChI is InChI=1S/C19H23N7/c1-25-12-17(23-14-25)13-26-8-3-15(4-9-26)16-2-5-21-18(10-16)24-19-11-20-6-7-22-19/h2,5-7,10-12,14-15H,3-4,8-9,13H2,1H3,(H,21,22,24). The molecule has 3 aromatic heterocycles. The molecule has 0 aromatic carbocycles. The summed E-state index contributed by atoms with van der Waals surface area (Å²) in [6, 6.07) is 4.26. The number of hydrogen-bond acceptors (Lipinski definition) is 6. The van der Waals surface area contributed by atoms with Crippen LogP contribution in [0.2, 0.25) is 0 Å². The van der Waals surface area contributed by atoms with Gasteiger partial charge >= 0.3 is 0 Å². The van der Waals surface area contributed by atoms with Crippen molar-refractivity contribution < 1.29 is 0 Å². The lowest BCUT2D eigenvalue weighted by molar-refractivity contribution is 0.203. The van der Waals surface area contributed by atoms with Crippen molar-refractivity contribution in [2.45, 2.75) is 25.3 Å². The zero-order valence-electron chi connectivity index (χ0n) is 14.9. The zero-order chi connectivity index (χ0) is 17.8. The molecule has 1 aliphatic rings. The SMILES string of the molecule is Cn1cnc(CN2CCC(c3ccnc(Nc4cnccn4)c3)CC2)c1. The summed E-state index contributed by atoms with van der Waals surface area (Å²) >= 11 is 0. The van der Waals surface area contributed by atoms with Crippen molar-refractivity contribution in [1.29, 1.82) is 0 Å². The highest BCUT2D eigenvalue weighted by Crippen LogP contribution is 2.29. The summed E-state index contributed by atoms with van der Waals surface area (Å²) < 4.78 is 2.00. The zero-order valence-corrected chi connectivity index (χ0v) is 14.9. The summed E-state index contributed by atoms with van der Waals surface area (Å²) in [7, 11) is 2.01. The van der Waals surface area contributed by atoms with E-state index in [1.807, 2.05) is 24.1 Å². The molecule has 0 atom stereocenters. The van der Waals surface area contributed by atoms with E-state index in [1.165, 1.54) is 5.56 Å². The second kappa shape index (κ2) is 7.61. The molecule has 3 aromatic rings. The maximum Gasteiger partial charge on any atom is 0.150 e. The molecule has 0 spiro atoms. The van der Waals surface area contributed by atoms with E-state index in [9.17, 15) is 0 Å². The smallest absolute Gasteiger partial charge is 0.150 e. The second-order valence-corrected chi connectivity index (χ2v) is 6.77. The largest absolute Gasteiger partial charge is 0.340 e. The number of hydrogen-bond donors (Lipinski definition) is 1. The topological polar surface area (TPSA) is 71.8 Å². The molecule has 4 rings (SSSR count). The molecule has 0 bridgehead atoms. The van der Waals surface area contributed by atoms with E-state index in [4.69, 9.17) is 0 Å². The van der Waals surface area contributed by atoms with Crippen LogP contribution in [0, 0.1) is 0 Å². The molecule has 0 unspecified atom stereocenters. The highest BCUT2D eigenvalue weighted by molar-refractivity contribution is 5.51. The Morgan fingerprint density at radius 1 is 1.08 bits per heavy atom. The van der Waals surface area contributed by atoms with Gasteiger partial charge < -0.3 is 9.88 Å². The van der Waals surface area contributed by atoms with Crippen LogP contribution in [-0.2, 0) is 13.6 Å². The molecule has 134 valence electrons. The first-order valence-electron chi connectivity index (χ1n) is 8.94. The maximum absolute atomic E-state index is 4.43. The summed E-state index contributed by atoms with van der Waals surface area (Å²) in [5.41, 5.74) is 2.48. The minimum absolute atomic E-state index is 0.570. The van der Waals surface area contributed by atoms with Gasteiger partial charge in [0.1, 0.15) is 11.6 Å². The van der Waals surface area contributed by atoms with Crippen LogP contribution in [0.4, 0.5) is 11.6 Å². The first-order chi connectivity index (χ1) is 12.8. The summed E-state index contributed by atoms with van der Waals surface area (Å²) in [6.45, 7) is 3.12. The highest BCUT2D eigenvalue weighted by atomic mass is 15.1. The fourth-order valence-corrected chi connectivity index (χ4v) is 3.47. The first kappa shape index (κ1) is 16.7. The van der Waals surface area contributed by atoms with Gasteiger partial charge in [-0.15, -0.1) is 0 Å². The number of imidazole rings is 1. The number of aryl methyl sites for hydroxylation is 1. The number of anilines is 2. The Bertz CT molecular complexity index is 838. The van der Waals surface area contributed by atoms with Gasteiger partial charge in [0, 0.05) is 38.4 Å². The van der Waals surface area contributed by atoms with Gasteiger partial charge in [0.2, 0.25) is 0 Å². The average molecular weight is 349 g/mol. The van der Waals surface area contributed by atoms with Crippen molar-refractivity contribution in [1.82, 2.24) is 29.4 Å². The van der Waals surface area contributed by atoms with Crippen molar-refractivity contribution in [2.75, 3.05) is 18.4 Å². The number of rotatable bonds is 5. The fraction of sp³-hybridized carbons (Fsp3) is 0.368. The molecule has 0 saturated carbocycles. The van der Waals surface area contributed by atoms with E-state index in [0.29, 0.717) is 11.7 Å². The predicted octanol–water partition coefficient (Wildman–Crippen LogP) is 2.73. The van der Waals surface area contributed by atoms with Gasteiger partial charge in [-0.1, -0.05) is 0 Å². The predicted molar refractivity (Wildman–Crippen MR) is 100 cm³/mol. The van der Waals surface area contributed by atoms with Crippen LogP contribution in [-0.4, -0.2) is 42.5 Å². The fourth-order valence-electron chi connectivity index (χ4n) is 3.47. The second-order valence-electron chi connectivity index (χ2n) is 6.77. The van der Waals surface area contributed by atoms with Gasteiger partial charge in [0.25, 0.3) is 0 Å². The van der Waals surface area contributed by atoms with Crippen molar-refractivity contribution in [3.8, 4) is 0 Å². The van der Waals surface area contributed by atoms with Crippen molar-refractivity contribution in [3.63, 3.8) is 0 Å². The molecule has 1 N–H and O–H groups in total. The highest BCUT2D eigenvalue weighted by Gasteiger charge is 2.21. The summed E-state index contributed by atoms with van der Waals surface area (Å²) in [6.07, 6.45) is 13.2. The third-order valence-corrected chi connectivity index (χ3v) is 4.81. The molecule has 1 aliphatic heterocycles. The van der Waals surface area contributed by atoms with Gasteiger partial charge in [0.05, 0.1) is 18.2 Å². The number of aromatic nitrogens is 5. The molecule has 4 heterocycles. The van der Waals surface area contributed by atoms with Crippen molar-refractivity contribution in [2.24, 2.45) is 7.05 Å². The molecule has 0 amide bonds. The molecular weight excluding hydrogens is 326 g/mol. The summed E-state index contributed by atoms with van der Waals surface area (Å²) in [5, 5.41) is 3.22. The molecule has 0 aliphatic carbocycles. The van der Waals surface area contributed by atoms with Crippen LogP contribution in [0.3, 0.4) is 0 Å². The summed E-state index contributed by atoms with van der Waals surface area (Å²) in [4.78, 5) is 19.6. The third-order valence-electron chi connectivity index (χ3n) is 4.81. The van der Waals surface area contributed by atoms with E-state index in [0.717, 1.165) is 44.0 Å². The van der Waals surface area contributed by atoms with Crippen LogP contribution in [0.15, 0.2) is 49.4 Å². The van der Waals surface area contributed by atoms with Gasteiger partial charge in [-0.3, -0.25) is 9.88 Å². The van der Waals surface area contributed by atoms with E-state index in [1.54, 1.807) is 18.6 Å². The van der Waals surface area contributed by atoms with Crippen molar-refractivity contribution >= 4 is 11.6 Å². The van der Waals surface area contributed by atoms with Crippen LogP contribution in [0.25, 0.3) is 0 Å². The van der Waals surface area contributed by atoms with Gasteiger partial charge in [-0.2, -0.15) is 0 Å². The summed E-state index contributed by atoms with van der Waals surface area (Å²) in [5.74, 6) is 2.10. The quantitative estimate of drug-likeness (QED) is 0.764. The molecule has 1 fully saturated rings. The van der Waals surface area contributed by atoms with Crippen LogP contribution >= 0.6 is 0 Å². The minimum atomic E-state index is 0.570. The molecule has 7 nitrogen and oxygen atoms in total. The Hall–Kier alpha value is -2.80. The molecule has 1 saturated heterocycles. The van der Waals surface area contributed by atoms with Gasteiger partial charge in [0.15, 0.2) is 0 Å². The number of nitrogens with zero attached hydrogens (tertiary/aromatic N) is 6. The molecular formula is C19H23N7. The minimum Gasteiger partial charge on any atom is -0.340 e.